The first-order chi connectivity index (χ1) is 9.63. The van der Waals surface area contributed by atoms with Gasteiger partial charge in [-0.05, 0) is 37.6 Å². The maximum Gasteiger partial charge on any atom is 0.144 e. The van der Waals surface area contributed by atoms with Crippen LogP contribution in [0.15, 0.2) is 42.5 Å². The first kappa shape index (κ1) is 14.3. The third-order valence-electron chi connectivity index (χ3n) is 3.29. The molecule has 0 aliphatic carbocycles. The van der Waals surface area contributed by atoms with Crippen molar-refractivity contribution < 1.29 is 4.74 Å². The molecule has 0 unspecified atom stereocenters. The van der Waals surface area contributed by atoms with Crippen LogP contribution in [0.3, 0.4) is 0 Å². The number of benzene rings is 2. The van der Waals surface area contributed by atoms with Gasteiger partial charge in [-0.1, -0.05) is 30.7 Å². The molecule has 2 rings (SSSR count). The van der Waals surface area contributed by atoms with E-state index in [1.54, 1.807) is 0 Å². The average Bonchev–Trinajstić information content (AvgIpc) is 2.46. The van der Waals surface area contributed by atoms with Gasteiger partial charge in [0, 0.05) is 12.7 Å². The SMILES string of the molecule is CCCOc1cccc(N(C)c2ccc(C)cc2)c1N. The summed E-state index contributed by atoms with van der Waals surface area (Å²) in [5.74, 6) is 0.753. The Bertz CT molecular complexity index is 564. The highest BCUT2D eigenvalue weighted by Gasteiger charge is 2.11. The molecule has 0 saturated heterocycles. The van der Waals surface area contributed by atoms with Crippen LogP contribution >= 0.6 is 0 Å². The number of hydrogen-bond acceptors (Lipinski definition) is 3. The van der Waals surface area contributed by atoms with Gasteiger partial charge >= 0.3 is 0 Å². The van der Waals surface area contributed by atoms with Gasteiger partial charge in [0.05, 0.1) is 18.0 Å². The molecule has 0 aromatic heterocycles. The number of ether oxygens (including phenoxy) is 1. The van der Waals surface area contributed by atoms with Crippen molar-refractivity contribution in [3.05, 3.63) is 48.0 Å². The lowest BCUT2D eigenvalue weighted by Gasteiger charge is -2.22. The molecule has 0 aliphatic heterocycles. The van der Waals surface area contributed by atoms with Crippen molar-refractivity contribution in [2.75, 3.05) is 24.3 Å². The summed E-state index contributed by atoms with van der Waals surface area (Å²) in [4.78, 5) is 2.08. The number of anilines is 3. The van der Waals surface area contributed by atoms with Crippen LogP contribution in [0.25, 0.3) is 0 Å². The van der Waals surface area contributed by atoms with Crippen LogP contribution in [0, 0.1) is 6.92 Å². The summed E-state index contributed by atoms with van der Waals surface area (Å²) in [7, 11) is 2.01. The summed E-state index contributed by atoms with van der Waals surface area (Å²) in [5, 5.41) is 0. The molecule has 0 saturated carbocycles. The van der Waals surface area contributed by atoms with Gasteiger partial charge in [0.25, 0.3) is 0 Å². The number of nitrogens with two attached hydrogens (primary N) is 1. The maximum atomic E-state index is 6.23. The molecule has 106 valence electrons. The summed E-state index contributed by atoms with van der Waals surface area (Å²) in [6.07, 6.45) is 0.970. The minimum atomic E-state index is 0.682. The number of nitrogens with zero attached hydrogens (tertiary/aromatic N) is 1. The van der Waals surface area contributed by atoms with E-state index in [-0.39, 0.29) is 0 Å². The van der Waals surface area contributed by atoms with Crippen LogP contribution < -0.4 is 15.4 Å². The zero-order valence-electron chi connectivity index (χ0n) is 12.4. The van der Waals surface area contributed by atoms with E-state index in [0.29, 0.717) is 12.3 Å². The Balaban J connectivity index is 2.29. The Morgan fingerprint density at radius 2 is 1.80 bits per heavy atom. The van der Waals surface area contributed by atoms with Crippen molar-refractivity contribution >= 4 is 17.1 Å². The number of nitrogen functional groups attached to an aromatic ring is 1. The van der Waals surface area contributed by atoms with E-state index in [1.165, 1.54) is 5.56 Å². The first-order valence-electron chi connectivity index (χ1n) is 6.95. The molecule has 0 fully saturated rings. The second kappa shape index (κ2) is 6.33. The molecule has 3 nitrogen and oxygen atoms in total. The molecule has 0 radical (unpaired) electrons. The highest BCUT2D eigenvalue weighted by atomic mass is 16.5. The fraction of sp³-hybridized carbons (Fsp3) is 0.294. The van der Waals surface area contributed by atoms with Crippen LogP contribution in [0.1, 0.15) is 18.9 Å². The van der Waals surface area contributed by atoms with Gasteiger partial charge in [0.2, 0.25) is 0 Å². The number of hydrogen-bond donors (Lipinski definition) is 1. The Morgan fingerprint density at radius 1 is 1.10 bits per heavy atom. The highest BCUT2D eigenvalue weighted by molar-refractivity contribution is 5.78. The predicted molar refractivity (Wildman–Crippen MR) is 85.9 cm³/mol. The summed E-state index contributed by atoms with van der Waals surface area (Å²) in [6.45, 7) is 4.84. The van der Waals surface area contributed by atoms with Crippen molar-refractivity contribution in [1.29, 1.82) is 0 Å². The molecule has 0 aliphatic rings. The number of aryl methyl sites for hydroxylation is 1. The van der Waals surface area contributed by atoms with Crippen molar-refractivity contribution in [3.63, 3.8) is 0 Å². The molecular weight excluding hydrogens is 248 g/mol. The Hall–Kier alpha value is -2.16. The van der Waals surface area contributed by atoms with Crippen molar-refractivity contribution in [1.82, 2.24) is 0 Å². The number of rotatable bonds is 5. The third-order valence-corrected chi connectivity index (χ3v) is 3.29. The zero-order chi connectivity index (χ0) is 14.5. The molecule has 2 aromatic rings. The second-order valence-corrected chi connectivity index (χ2v) is 4.93. The molecule has 0 heterocycles. The molecule has 3 heteroatoms. The average molecular weight is 270 g/mol. The second-order valence-electron chi connectivity index (χ2n) is 4.93. The summed E-state index contributed by atoms with van der Waals surface area (Å²) in [5.41, 5.74) is 10.2. The van der Waals surface area contributed by atoms with E-state index >= 15 is 0 Å². The number of para-hydroxylation sites is 1. The van der Waals surface area contributed by atoms with Gasteiger partial charge in [-0.3, -0.25) is 0 Å². The van der Waals surface area contributed by atoms with Crippen LogP contribution in [-0.2, 0) is 0 Å². The maximum absolute atomic E-state index is 6.23. The van der Waals surface area contributed by atoms with E-state index < -0.39 is 0 Å². The summed E-state index contributed by atoms with van der Waals surface area (Å²) < 4.78 is 5.68. The Kier molecular flexibility index (Phi) is 4.51. The monoisotopic (exact) mass is 270 g/mol. The van der Waals surface area contributed by atoms with Crippen molar-refractivity contribution in [2.45, 2.75) is 20.3 Å². The Morgan fingerprint density at radius 3 is 2.45 bits per heavy atom. The zero-order valence-corrected chi connectivity index (χ0v) is 12.4. The normalized spacial score (nSPS) is 10.3. The lowest BCUT2D eigenvalue weighted by molar-refractivity contribution is 0.319. The topological polar surface area (TPSA) is 38.5 Å². The quantitative estimate of drug-likeness (QED) is 0.830. The molecule has 0 atom stereocenters. The molecule has 2 N–H and O–H groups in total. The largest absolute Gasteiger partial charge is 0.491 e. The molecule has 0 bridgehead atoms. The Labute approximate surface area is 121 Å². The van der Waals surface area contributed by atoms with Crippen molar-refractivity contribution in [2.24, 2.45) is 0 Å². The summed E-state index contributed by atoms with van der Waals surface area (Å²) in [6, 6.07) is 14.3. The van der Waals surface area contributed by atoms with E-state index in [4.69, 9.17) is 10.5 Å². The molecule has 0 amide bonds. The van der Waals surface area contributed by atoms with E-state index in [0.717, 1.165) is 23.5 Å². The van der Waals surface area contributed by atoms with Gasteiger partial charge < -0.3 is 15.4 Å². The molecule has 2 aromatic carbocycles. The van der Waals surface area contributed by atoms with Gasteiger partial charge in [-0.2, -0.15) is 0 Å². The van der Waals surface area contributed by atoms with E-state index in [2.05, 4.69) is 43.0 Å². The minimum absolute atomic E-state index is 0.682. The van der Waals surface area contributed by atoms with Crippen LogP contribution in [-0.4, -0.2) is 13.7 Å². The lowest BCUT2D eigenvalue weighted by Crippen LogP contribution is -2.12. The van der Waals surface area contributed by atoms with Crippen LogP contribution in [0.2, 0.25) is 0 Å². The third kappa shape index (κ3) is 3.05. The van der Waals surface area contributed by atoms with E-state index in [1.807, 2.05) is 25.2 Å². The molecule has 0 spiro atoms. The molecule has 20 heavy (non-hydrogen) atoms. The summed E-state index contributed by atoms with van der Waals surface area (Å²) >= 11 is 0. The predicted octanol–water partition coefficient (Wildman–Crippen LogP) is 4.13. The first-order valence-corrected chi connectivity index (χ1v) is 6.95. The van der Waals surface area contributed by atoms with Gasteiger partial charge in [-0.25, -0.2) is 0 Å². The fourth-order valence-corrected chi connectivity index (χ4v) is 2.07. The molecular formula is C17H22N2O. The standard InChI is InChI=1S/C17H22N2O/c1-4-12-20-16-7-5-6-15(17(16)18)19(3)14-10-8-13(2)9-11-14/h5-11H,4,12,18H2,1-3H3. The van der Waals surface area contributed by atoms with Crippen molar-refractivity contribution in [3.8, 4) is 5.75 Å². The van der Waals surface area contributed by atoms with Crippen LogP contribution in [0.4, 0.5) is 17.1 Å². The highest BCUT2D eigenvalue weighted by Crippen LogP contribution is 2.35. The van der Waals surface area contributed by atoms with Gasteiger partial charge in [0.1, 0.15) is 5.75 Å². The van der Waals surface area contributed by atoms with E-state index in [9.17, 15) is 0 Å². The smallest absolute Gasteiger partial charge is 0.144 e. The van der Waals surface area contributed by atoms with Gasteiger partial charge in [-0.15, -0.1) is 0 Å². The lowest BCUT2D eigenvalue weighted by atomic mass is 10.2. The van der Waals surface area contributed by atoms with Gasteiger partial charge in [0.15, 0.2) is 0 Å². The van der Waals surface area contributed by atoms with Crippen LogP contribution in [0.5, 0.6) is 5.75 Å². The minimum Gasteiger partial charge on any atom is -0.491 e. The fourth-order valence-electron chi connectivity index (χ4n) is 2.07.